The van der Waals surface area contributed by atoms with Gasteiger partial charge in [-0.2, -0.15) is 0 Å². The largest absolute Gasteiger partial charge is 0.476 e. The Morgan fingerprint density at radius 1 is 1.26 bits per heavy atom. The SMILES string of the molecule is CC(C)(C)NC(=O)CCNc1cnc(C(=O)O)cn1. The molecule has 0 saturated heterocycles. The van der Waals surface area contributed by atoms with Crippen LogP contribution in [-0.4, -0.2) is 39.0 Å². The first kappa shape index (κ1) is 14.9. The summed E-state index contributed by atoms with van der Waals surface area (Å²) in [6, 6.07) is 0. The summed E-state index contributed by atoms with van der Waals surface area (Å²) in [6.07, 6.45) is 2.80. The maximum atomic E-state index is 11.5. The molecule has 1 aromatic rings. The predicted molar refractivity (Wildman–Crippen MR) is 70.0 cm³/mol. The molecule has 1 amide bonds. The number of aromatic nitrogens is 2. The van der Waals surface area contributed by atoms with Crippen LogP contribution >= 0.6 is 0 Å². The van der Waals surface area contributed by atoms with Crippen molar-refractivity contribution in [1.29, 1.82) is 0 Å². The quantitative estimate of drug-likeness (QED) is 0.731. The van der Waals surface area contributed by atoms with Gasteiger partial charge in [-0.05, 0) is 20.8 Å². The Kier molecular flexibility index (Phi) is 4.80. The van der Waals surface area contributed by atoms with Gasteiger partial charge >= 0.3 is 5.97 Å². The fourth-order valence-electron chi connectivity index (χ4n) is 1.31. The topological polar surface area (TPSA) is 104 Å². The van der Waals surface area contributed by atoms with E-state index in [1.165, 1.54) is 12.4 Å². The molecular formula is C12H18N4O3. The Labute approximate surface area is 111 Å². The highest BCUT2D eigenvalue weighted by molar-refractivity contribution is 5.84. The molecule has 7 heteroatoms. The second kappa shape index (κ2) is 6.12. The first-order valence-electron chi connectivity index (χ1n) is 5.88. The van der Waals surface area contributed by atoms with Crippen LogP contribution in [-0.2, 0) is 4.79 Å². The van der Waals surface area contributed by atoms with Gasteiger partial charge in [0.2, 0.25) is 5.91 Å². The lowest BCUT2D eigenvalue weighted by Gasteiger charge is -2.20. The van der Waals surface area contributed by atoms with Crippen molar-refractivity contribution in [2.45, 2.75) is 32.7 Å². The minimum atomic E-state index is -1.12. The smallest absolute Gasteiger partial charge is 0.356 e. The Hall–Kier alpha value is -2.18. The van der Waals surface area contributed by atoms with Crippen molar-refractivity contribution in [1.82, 2.24) is 15.3 Å². The van der Waals surface area contributed by atoms with Gasteiger partial charge in [-0.1, -0.05) is 0 Å². The number of rotatable bonds is 5. The second-order valence-electron chi connectivity index (χ2n) is 5.07. The van der Waals surface area contributed by atoms with Crippen LogP contribution in [0.5, 0.6) is 0 Å². The van der Waals surface area contributed by atoms with E-state index in [9.17, 15) is 9.59 Å². The Morgan fingerprint density at radius 2 is 1.95 bits per heavy atom. The summed E-state index contributed by atoms with van der Waals surface area (Å²) in [6.45, 7) is 6.14. The van der Waals surface area contributed by atoms with E-state index in [4.69, 9.17) is 5.11 Å². The van der Waals surface area contributed by atoms with E-state index in [0.29, 0.717) is 18.8 Å². The molecule has 0 unspecified atom stereocenters. The average Bonchev–Trinajstić information content (AvgIpc) is 2.27. The summed E-state index contributed by atoms with van der Waals surface area (Å²) in [5, 5.41) is 14.4. The number of hydrogen-bond acceptors (Lipinski definition) is 5. The van der Waals surface area contributed by atoms with E-state index in [1.54, 1.807) is 0 Å². The Balaban J connectivity index is 2.37. The molecular weight excluding hydrogens is 248 g/mol. The summed E-state index contributed by atoms with van der Waals surface area (Å²) in [5.74, 6) is -0.743. The highest BCUT2D eigenvalue weighted by atomic mass is 16.4. The highest BCUT2D eigenvalue weighted by Crippen LogP contribution is 2.02. The Bertz CT molecular complexity index is 451. The van der Waals surface area contributed by atoms with Crippen LogP contribution in [0.25, 0.3) is 0 Å². The third kappa shape index (κ3) is 5.80. The van der Waals surface area contributed by atoms with Crippen molar-refractivity contribution >= 4 is 17.7 Å². The molecule has 3 N–H and O–H groups in total. The van der Waals surface area contributed by atoms with Crippen molar-refractivity contribution in [3.63, 3.8) is 0 Å². The van der Waals surface area contributed by atoms with Crippen molar-refractivity contribution in [3.05, 3.63) is 18.1 Å². The van der Waals surface area contributed by atoms with Crippen molar-refractivity contribution in [2.24, 2.45) is 0 Å². The number of carbonyl (C=O) groups is 2. The van der Waals surface area contributed by atoms with Crippen LogP contribution in [0.2, 0.25) is 0 Å². The Morgan fingerprint density at radius 3 is 2.42 bits per heavy atom. The number of carboxylic acids is 1. The number of amides is 1. The highest BCUT2D eigenvalue weighted by Gasteiger charge is 2.13. The fraction of sp³-hybridized carbons (Fsp3) is 0.500. The third-order valence-corrected chi connectivity index (χ3v) is 2.04. The van der Waals surface area contributed by atoms with E-state index >= 15 is 0 Å². The fourth-order valence-corrected chi connectivity index (χ4v) is 1.31. The lowest BCUT2D eigenvalue weighted by molar-refractivity contribution is -0.122. The van der Waals surface area contributed by atoms with E-state index in [1.807, 2.05) is 20.8 Å². The molecule has 0 aliphatic carbocycles. The second-order valence-corrected chi connectivity index (χ2v) is 5.07. The number of carbonyl (C=O) groups excluding carboxylic acids is 1. The van der Waals surface area contributed by atoms with Gasteiger partial charge in [-0.3, -0.25) is 4.79 Å². The maximum Gasteiger partial charge on any atom is 0.356 e. The molecule has 0 saturated carbocycles. The van der Waals surface area contributed by atoms with Gasteiger partial charge in [0, 0.05) is 18.5 Å². The molecule has 0 atom stereocenters. The maximum absolute atomic E-state index is 11.5. The molecule has 104 valence electrons. The lowest BCUT2D eigenvalue weighted by Crippen LogP contribution is -2.41. The molecule has 0 spiro atoms. The number of anilines is 1. The van der Waals surface area contributed by atoms with Crippen LogP contribution in [0.1, 0.15) is 37.7 Å². The van der Waals surface area contributed by atoms with Gasteiger partial charge in [-0.15, -0.1) is 0 Å². The molecule has 0 aliphatic rings. The van der Waals surface area contributed by atoms with E-state index < -0.39 is 5.97 Å². The zero-order chi connectivity index (χ0) is 14.5. The predicted octanol–water partition coefficient (Wildman–Crippen LogP) is 0.891. The number of nitrogens with one attached hydrogen (secondary N) is 2. The van der Waals surface area contributed by atoms with Gasteiger partial charge in [0.15, 0.2) is 5.69 Å². The van der Waals surface area contributed by atoms with Gasteiger partial charge in [0.1, 0.15) is 5.82 Å². The van der Waals surface area contributed by atoms with E-state index in [0.717, 1.165) is 0 Å². The molecule has 0 aromatic carbocycles. The third-order valence-electron chi connectivity index (χ3n) is 2.04. The average molecular weight is 266 g/mol. The number of carboxylic acid groups (broad SMARTS) is 1. The van der Waals surface area contributed by atoms with E-state index in [-0.39, 0.29) is 17.1 Å². The normalized spacial score (nSPS) is 10.9. The van der Waals surface area contributed by atoms with Crippen LogP contribution in [0.4, 0.5) is 5.82 Å². The summed E-state index contributed by atoms with van der Waals surface area (Å²) < 4.78 is 0. The minimum Gasteiger partial charge on any atom is -0.476 e. The number of nitrogens with zero attached hydrogens (tertiary/aromatic N) is 2. The van der Waals surface area contributed by atoms with Crippen LogP contribution < -0.4 is 10.6 Å². The van der Waals surface area contributed by atoms with Crippen LogP contribution in [0.15, 0.2) is 12.4 Å². The molecule has 0 fully saturated rings. The van der Waals surface area contributed by atoms with Gasteiger partial charge in [0.05, 0.1) is 12.4 Å². The number of hydrogen-bond donors (Lipinski definition) is 3. The van der Waals surface area contributed by atoms with Crippen LogP contribution in [0.3, 0.4) is 0 Å². The molecule has 1 aromatic heterocycles. The van der Waals surface area contributed by atoms with Gasteiger partial charge in [0.25, 0.3) is 0 Å². The summed E-state index contributed by atoms with van der Waals surface area (Å²) in [7, 11) is 0. The molecule has 0 aliphatic heterocycles. The summed E-state index contributed by atoms with van der Waals surface area (Å²) >= 11 is 0. The molecule has 1 heterocycles. The van der Waals surface area contributed by atoms with Crippen LogP contribution in [0, 0.1) is 0 Å². The van der Waals surface area contributed by atoms with Crippen molar-refractivity contribution in [3.8, 4) is 0 Å². The first-order valence-corrected chi connectivity index (χ1v) is 5.88. The van der Waals surface area contributed by atoms with E-state index in [2.05, 4.69) is 20.6 Å². The molecule has 0 radical (unpaired) electrons. The molecule has 7 nitrogen and oxygen atoms in total. The number of aromatic carboxylic acids is 1. The van der Waals surface area contributed by atoms with Crippen molar-refractivity contribution < 1.29 is 14.7 Å². The zero-order valence-electron chi connectivity index (χ0n) is 11.2. The summed E-state index contributed by atoms with van der Waals surface area (Å²) in [4.78, 5) is 29.7. The van der Waals surface area contributed by atoms with Gasteiger partial charge < -0.3 is 15.7 Å². The lowest BCUT2D eigenvalue weighted by atomic mass is 10.1. The van der Waals surface area contributed by atoms with Gasteiger partial charge in [-0.25, -0.2) is 14.8 Å². The van der Waals surface area contributed by atoms with Crippen molar-refractivity contribution in [2.75, 3.05) is 11.9 Å². The minimum absolute atomic E-state index is 0.0601. The standard InChI is InChI=1S/C12H18N4O3/c1-12(2,3)16-10(17)4-5-13-9-7-14-8(6-15-9)11(18)19/h6-7H,4-5H2,1-3H3,(H,13,15)(H,16,17)(H,18,19). The molecule has 0 bridgehead atoms. The molecule has 19 heavy (non-hydrogen) atoms. The summed E-state index contributed by atoms with van der Waals surface area (Å²) in [5.41, 5.74) is -0.365. The first-order chi connectivity index (χ1) is 8.78. The molecule has 1 rings (SSSR count). The monoisotopic (exact) mass is 266 g/mol. The zero-order valence-corrected chi connectivity index (χ0v) is 11.2.